The molecule has 0 aromatic heterocycles. The molecule has 1 nitrogen and oxygen atoms in total. The van der Waals surface area contributed by atoms with Crippen LogP contribution in [-0.4, -0.2) is 16.0 Å². The van der Waals surface area contributed by atoms with Crippen LogP contribution in [0.5, 0.6) is 0 Å². The monoisotopic (exact) mass is 464 g/mol. The molecule has 3 aromatic rings. The van der Waals surface area contributed by atoms with Crippen LogP contribution in [0, 0.1) is 0 Å². The fourth-order valence-corrected chi connectivity index (χ4v) is 10.8. The molecule has 0 saturated heterocycles. The molecule has 0 atom stereocenters. The van der Waals surface area contributed by atoms with Crippen molar-refractivity contribution in [1.82, 2.24) is 0 Å². The van der Waals surface area contributed by atoms with Gasteiger partial charge in [0.05, 0.1) is 0 Å². The summed E-state index contributed by atoms with van der Waals surface area (Å²) in [6, 6.07) is 33.6. The minimum atomic E-state index is -2.09. The Bertz CT molecular complexity index is 858. The number of benzene rings is 3. The van der Waals surface area contributed by atoms with E-state index in [0.717, 1.165) is 6.42 Å². The summed E-state index contributed by atoms with van der Waals surface area (Å²) in [5.41, 5.74) is 0. The first-order valence-electron chi connectivity index (χ1n) is 11.8. The topological polar surface area (TPSA) is 17.1 Å². The van der Waals surface area contributed by atoms with E-state index in [0.29, 0.717) is 0 Å². The van der Waals surface area contributed by atoms with Crippen LogP contribution >= 0.6 is 19.0 Å². The Morgan fingerprint density at radius 1 is 0.688 bits per heavy atom. The molecule has 3 aromatic carbocycles. The van der Waals surface area contributed by atoms with E-state index in [1.54, 1.807) is 6.92 Å². The standard InChI is InChI=1S/C29H37OPS/c1-25(30)32-29(2,3)23-15-4-5-16-24-31(26-17-9-6-10-18-26,27-19-11-7-12-20-27)28-21-13-8-14-22-28/h6-14,17-22,31H,4-5,15-16,23-24H2,1-3H3. The van der Waals surface area contributed by atoms with Crippen molar-refractivity contribution >= 4 is 40.1 Å². The van der Waals surface area contributed by atoms with E-state index in [1.165, 1.54) is 59.5 Å². The van der Waals surface area contributed by atoms with Crippen LogP contribution in [0.2, 0.25) is 0 Å². The Hall–Kier alpha value is -1.89. The van der Waals surface area contributed by atoms with E-state index in [1.807, 2.05) is 0 Å². The van der Waals surface area contributed by atoms with Crippen molar-refractivity contribution in [3.05, 3.63) is 91.0 Å². The molecule has 0 unspecified atom stereocenters. The molecular weight excluding hydrogens is 427 g/mol. The Balaban J connectivity index is 1.78. The van der Waals surface area contributed by atoms with Crippen molar-refractivity contribution in [1.29, 1.82) is 0 Å². The fourth-order valence-electron chi connectivity index (χ4n) is 4.84. The van der Waals surface area contributed by atoms with Gasteiger partial charge in [-0.15, -0.1) is 0 Å². The zero-order valence-electron chi connectivity index (χ0n) is 19.7. The molecule has 0 aliphatic rings. The van der Waals surface area contributed by atoms with Gasteiger partial charge < -0.3 is 0 Å². The number of hydrogen-bond donors (Lipinski definition) is 0. The zero-order valence-corrected chi connectivity index (χ0v) is 21.5. The number of carbonyl (C=O) groups excluding carboxylic acids is 1. The predicted octanol–water partition coefficient (Wildman–Crippen LogP) is 6.72. The van der Waals surface area contributed by atoms with Crippen molar-refractivity contribution < 1.29 is 4.79 Å². The number of hydrogen-bond acceptors (Lipinski definition) is 2. The fraction of sp³-hybridized carbons (Fsp3) is 0.345. The van der Waals surface area contributed by atoms with Crippen LogP contribution in [0.25, 0.3) is 0 Å². The third-order valence-electron chi connectivity index (χ3n) is 6.30. The third kappa shape index (κ3) is 6.56. The van der Waals surface area contributed by atoms with Gasteiger partial charge in [-0.25, -0.2) is 0 Å². The summed E-state index contributed by atoms with van der Waals surface area (Å²) >= 11 is 1.48. The van der Waals surface area contributed by atoms with Gasteiger partial charge in [-0.05, 0) is 0 Å². The number of thioether (sulfide) groups is 1. The molecule has 0 aliphatic carbocycles. The summed E-state index contributed by atoms with van der Waals surface area (Å²) in [7, 11) is -2.09. The molecule has 0 fully saturated rings. The minimum absolute atomic E-state index is 0.0441. The average Bonchev–Trinajstić information content (AvgIpc) is 2.80. The molecule has 32 heavy (non-hydrogen) atoms. The van der Waals surface area contributed by atoms with Crippen LogP contribution in [0.15, 0.2) is 91.0 Å². The van der Waals surface area contributed by atoms with Crippen molar-refractivity contribution in [2.45, 2.75) is 57.6 Å². The maximum atomic E-state index is 11.5. The van der Waals surface area contributed by atoms with Gasteiger partial charge in [0.2, 0.25) is 0 Å². The van der Waals surface area contributed by atoms with E-state index in [-0.39, 0.29) is 9.86 Å². The molecule has 0 N–H and O–H groups in total. The quantitative estimate of drug-likeness (QED) is 0.231. The van der Waals surface area contributed by atoms with Crippen molar-refractivity contribution in [2.24, 2.45) is 0 Å². The van der Waals surface area contributed by atoms with E-state index in [9.17, 15) is 4.79 Å². The van der Waals surface area contributed by atoms with Gasteiger partial charge in [-0.1, -0.05) is 0 Å². The van der Waals surface area contributed by atoms with E-state index in [2.05, 4.69) is 105 Å². The van der Waals surface area contributed by atoms with Crippen molar-refractivity contribution in [3.63, 3.8) is 0 Å². The van der Waals surface area contributed by atoms with Crippen molar-refractivity contribution in [3.8, 4) is 0 Å². The SMILES string of the molecule is CC(=O)SC(C)(C)CCCCCC[PH](c1ccccc1)(c1ccccc1)c1ccccc1. The summed E-state index contributed by atoms with van der Waals surface area (Å²) in [6.45, 7) is 6.06. The van der Waals surface area contributed by atoms with E-state index >= 15 is 0 Å². The second-order valence-electron chi connectivity index (χ2n) is 9.27. The normalized spacial score (nSPS) is 12.5. The molecule has 0 spiro atoms. The van der Waals surface area contributed by atoms with Crippen LogP contribution in [-0.2, 0) is 4.79 Å². The predicted molar refractivity (Wildman–Crippen MR) is 147 cm³/mol. The Labute approximate surface area is 199 Å². The van der Waals surface area contributed by atoms with Crippen LogP contribution < -0.4 is 15.9 Å². The summed E-state index contributed by atoms with van der Waals surface area (Å²) in [6.07, 6.45) is 7.19. The summed E-state index contributed by atoms with van der Waals surface area (Å²) in [5, 5.41) is 4.71. The first kappa shape index (κ1) is 24.7. The average molecular weight is 465 g/mol. The molecule has 0 heterocycles. The zero-order chi connectivity index (χ0) is 22.9. The van der Waals surface area contributed by atoms with E-state index in [4.69, 9.17) is 0 Å². The van der Waals surface area contributed by atoms with Gasteiger partial charge in [-0.3, -0.25) is 0 Å². The van der Waals surface area contributed by atoms with Gasteiger partial charge >= 0.3 is 200 Å². The second-order valence-corrected chi connectivity index (χ2v) is 15.2. The van der Waals surface area contributed by atoms with Gasteiger partial charge in [0.25, 0.3) is 0 Å². The molecular formula is C29H37OPS. The molecule has 0 amide bonds. The summed E-state index contributed by atoms with van der Waals surface area (Å²) in [4.78, 5) is 11.5. The summed E-state index contributed by atoms with van der Waals surface area (Å²) in [5.74, 6) is 0. The Morgan fingerprint density at radius 3 is 1.50 bits per heavy atom. The van der Waals surface area contributed by atoms with Gasteiger partial charge in [0.15, 0.2) is 0 Å². The molecule has 3 rings (SSSR count). The summed E-state index contributed by atoms with van der Waals surface area (Å²) < 4.78 is 0.0441. The molecule has 3 heteroatoms. The number of rotatable bonds is 11. The molecule has 0 saturated carbocycles. The first-order valence-corrected chi connectivity index (χ1v) is 14.8. The van der Waals surface area contributed by atoms with Gasteiger partial charge in [-0.2, -0.15) is 0 Å². The van der Waals surface area contributed by atoms with Crippen LogP contribution in [0.3, 0.4) is 0 Å². The molecule has 0 bridgehead atoms. The Kier molecular flexibility index (Phi) is 9.14. The Morgan fingerprint density at radius 2 is 1.09 bits per heavy atom. The molecule has 170 valence electrons. The first-order chi connectivity index (χ1) is 15.4. The number of carbonyl (C=O) groups is 1. The van der Waals surface area contributed by atoms with Gasteiger partial charge in [0, 0.05) is 0 Å². The van der Waals surface area contributed by atoms with Crippen LogP contribution in [0.1, 0.15) is 52.9 Å². The van der Waals surface area contributed by atoms with Gasteiger partial charge in [0.1, 0.15) is 0 Å². The maximum absolute atomic E-state index is 11.5. The molecule has 0 radical (unpaired) electrons. The van der Waals surface area contributed by atoms with Crippen LogP contribution in [0.4, 0.5) is 0 Å². The van der Waals surface area contributed by atoms with Crippen molar-refractivity contribution in [2.75, 3.05) is 6.16 Å². The second kappa shape index (κ2) is 11.8. The third-order valence-corrected chi connectivity index (χ3v) is 12.4. The van der Waals surface area contributed by atoms with E-state index < -0.39 is 7.26 Å². The number of unbranched alkanes of at least 4 members (excludes halogenated alkanes) is 3. The molecule has 0 aliphatic heterocycles.